The van der Waals surface area contributed by atoms with Crippen LogP contribution in [0.3, 0.4) is 0 Å². The van der Waals surface area contributed by atoms with E-state index in [1.54, 1.807) is 0 Å². The minimum Gasteiger partial charge on any atom is -0.445 e. The summed E-state index contributed by atoms with van der Waals surface area (Å²) in [5.41, 5.74) is -0.602. The molecule has 0 N–H and O–H groups in total. The van der Waals surface area contributed by atoms with Gasteiger partial charge in [-0.05, 0) is 0 Å². The Morgan fingerprint density at radius 2 is 1.60 bits per heavy atom. The normalized spacial score (nSPS) is 11.0. The van der Waals surface area contributed by atoms with Gasteiger partial charge in [0.15, 0.2) is 0 Å². The second-order valence-electron chi connectivity index (χ2n) is 2.30. The second kappa shape index (κ2) is 4.98. The Bertz CT molecular complexity index is 119. The summed E-state index contributed by atoms with van der Waals surface area (Å²) in [6, 6.07) is 0. The molecule has 0 aromatic heterocycles. The maximum Gasteiger partial charge on any atom is 1.00 e. The summed E-state index contributed by atoms with van der Waals surface area (Å²) in [5, 5.41) is 0. The van der Waals surface area contributed by atoms with Crippen LogP contribution in [0.15, 0.2) is 12.1 Å². The first-order valence-corrected chi connectivity index (χ1v) is 2.74. The van der Waals surface area contributed by atoms with E-state index in [0.717, 1.165) is 0 Å². The van der Waals surface area contributed by atoms with E-state index < -0.39 is 18.4 Å². The molecule has 0 saturated heterocycles. The predicted octanol–water partition coefficient (Wildman–Crippen LogP) is -0.411. The average Bonchev–Trinajstić information content (AvgIpc) is 1.62. The van der Waals surface area contributed by atoms with Gasteiger partial charge in [0, 0.05) is 0 Å². The summed E-state index contributed by atoms with van der Waals surface area (Å²) < 4.78 is 35.0. The molecule has 0 atom stereocenters. The zero-order chi connectivity index (χ0) is 7.65. The fourth-order valence-electron chi connectivity index (χ4n) is 0.378. The van der Waals surface area contributed by atoms with Crippen LogP contribution in [0.2, 0.25) is 0 Å². The van der Waals surface area contributed by atoms with Crippen LogP contribution in [0, 0.1) is 5.92 Å². The number of hydrogen-bond donors (Lipinski definition) is 0. The van der Waals surface area contributed by atoms with Crippen molar-refractivity contribution in [2.45, 2.75) is 13.8 Å². The van der Waals surface area contributed by atoms with Crippen molar-refractivity contribution < 1.29 is 64.3 Å². The van der Waals surface area contributed by atoms with Crippen molar-refractivity contribution in [3.63, 3.8) is 0 Å². The summed E-state index contributed by atoms with van der Waals surface area (Å²) >= 11 is 0. The summed E-state index contributed by atoms with van der Waals surface area (Å²) in [6.45, 7) is 1.09. The first kappa shape index (κ1) is 13.8. The summed E-state index contributed by atoms with van der Waals surface area (Å²) in [7, 11) is 0. The quantitative estimate of drug-likeness (QED) is 0.501. The molecule has 0 bridgehead atoms. The molecule has 0 radical (unpaired) electrons. The molecule has 0 nitrogen and oxygen atoms in total. The Balaban J connectivity index is 0. The molecule has 0 unspecified atom stereocenters. The van der Waals surface area contributed by atoms with E-state index in [9.17, 15) is 12.9 Å². The Labute approximate surface area is 102 Å². The van der Waals surface area contributed by atoms with Crippen molar-refractivity contribution in [3.05, 3.63) is 12.1 Å². The van der Waals surface area contributed by atoms with Crippen LogP contribution >= 0.6 is 0 Å². The van der Waals surface area contributed by atoms with E-state index >= 15 is 0 Å². The van der Waals surface area contributed by atoms with Crippen LogP contribution in [-0.2, 0) is 0 Å². The average molecular weight is 176 g/mol. The smallest absolute Gasteiger partial charge is 0.445 e. The van der Waals surface area contributed by atoms with E-state index in [4.69, 9.17) is 0 Å². The molecule has 0 aliphatic heterocycles. The van der Waals surface area contributed by atoms with Crippen molar-refractivity contribution in [2.24, 2.45) is 5.92 Å². The number of hydrogen-bond acceptors (Lipinski definition) is 0. The molecule has 5 heteroatoms. The van der Waals surface area contributed by atoms with Gasteiger partial charge in [-0.3, -0.25) is 0 Å². The first-order valence-electron chi connectivity index (χ1n) is 2.74. The third kappa shape index (κ3) is 4.96. The first-order chi connectivity index (χ1) is 3.85. The topological polar surface area (TPSA) is 0 Å². The largest absolute Gasteiger partial charge is 1.00 e. The van der Waals surface area contributed by atoms with Gasteiger partial charge in [0.25, 0.3) is 0 Å². The van der Waals surface area contributed by atoms with Crippen LogP contribution in [0.1, 0.15) is 13.8 Å². The van der Waals surface area contributed by atoms with Gasteiger partial charge >= 0.3 is 58.4 Å². The zero-order valence-electron chi connectivity index (χ0n) is 6.50. The minimum absolute atomic E-state index is 0. The summed E-state index contributed by atoms with van der Waals surface area (Å²) in [4.78, 5) is 0. The fourth-order valence-corrected chi connectivity index (χ4v) is 0.378. The molecule has 0 fully saturated rings. The third-order valence-electron chi connectivity index (χ3n) is 1.16. The molecule has 0 aromatic rings. The fraction of sp³-hybridized carbons (Fsp3) is 0.600. The SMILES string of the molecule is C=C(C(C)C)[B-](F)(F)F.[K+]. The molecule has 0 spiro atoms. The molecule has 0 aliphatic rings. The van der Waals surface area contributed by atoms with Gasteiger partial charge in [-0.1, -0.05) is 19.8 Å². The van der Waals surface area contributed by atoms with Gasteiger partial charge in [0.1, 0.15) is 0 Å². The zero-order valence-corrected chi connectivity index (χ0v) is 9.62. The molecule has 0 aromatic carbocycles. The van der Waals surface area contributed by atoms with E-state index in [-0.39, 0.29) is 51.4 Å². The summed E-state index contributed by atoms with van der Waals surface area (Å²) in [6.07, 6.45) is 0. The van der Waals surface area contributed by atoms with Gasteiger partial charge < -0.3 is 12.9 Å². The molecule has 0 aliphatic carbocycles. The minimum atomic E-state index is -4.80. The standard InChI is InChI=1S/C5H9BF3.K/c1-4(2)5(3)6(7,8)9;/h4H,3H2,1-2H3;/q-1;+1. The van der Waals surface area contributed by atoms with Crippen LogP contribution in [0.25, 0.3) is 0 Å². The van der Waals surface area contributed by atoms with Crippen molar-refractivity contribution in [3.8, 4) is 0 Å². The Morgan fingerprint density at radius 1 is 1.30 bits per heavy atom. The maximum absolute atomic E-state index is 11.7. The monoisotopic (exact) mass is 176 g/mol. The van der Waals surface area contributed by atoms with Crippen LogP contribution in [0.4, 0.5) is 12.9 Å². The second-order valence-corrected chi connectivity index (χ2v) is 2.30. The Morgan fingerprint density at radius 3 is 1.60 bits per heavy atom. The van der Waals surface area contributed by atoms with E-state index in [0.29, 0.717) is 0 Å². The third-order valence-corrected chi connectivity index (χ3v) is 1.16. The molecular formula is C5H9BF3K. The molecular weight excluding hydrogens is 167 g/mol. The number of rotatable bonds is 2. The molecule has 0 amide bonds. The van der Waals surface area contributed by atoms with Crippen molar-refractivity contribution in [1.82, 2.24) is 0 Å². The van der Waals surface area contributed by atoms with Crippen LogP contribution in [0.5, 0.6) is 0 Å². The Hall–Kier alpha value is 1.23. The van der Waals surface area contributed by atoms with Gasteiger partial charge in [0.05, 0.1) is 0 Å². The van der Waals surface area contributed by atoms with E-state index in [1.165, 1.54) is 13.8 Å². The number of allylic oxidation sites excluding steroid dienone is 1. The van der Waals surface area contributed by atoms with Crippen molar-refractivity contribution in [1.29, 1.82) is 0 Å². The maximum atomic E-state index is 11.7. The van der Waals surface area contributed by atoms with Gasteiger partial charge in [-0.15, -0.1) is 12.1 Å². The van der Waals surface area contributed by atoms with Crippen LogP contribution < -0.4 is 51.4 Å². The van der Waals surface area contributed by atoms with Gasteiger partial charge in [-0.2, -0.15) is 0 Å². The molecule has 0 heterocycles. The molecule has 54 valence electrons. The van der Waals surface area contributed by atoms with Gasteiger partial charge in [-0.25, -0.2) is 0 Å². The van der Waals surface area contributed by atoms with E-state index in [1.807, 2.05) is 0 Å². The number of halogens is 3. The Kier molecular flexibility index (Phi) is 6.87. The van der Waals surface area contributed by atoms with Crippen molar-refractivity contribution in [2.75, 3.05) is 0 Å². The molecule has 0 saturated carbocycles. The summed E-state index contributed by atoms with van der Waals surface area (Å²) in [5.74, 6) is -0.481. The van der Waals surface area contributed by atoms with Gasteiger partial charge in [0.2, 0.25) is 0 Å². The predicted molar refractivity (Wildman–Crippen MR) is 33.1 cm³/mol. The molecule has 0 rings (SSSR count). The molecule has 10 heavy (non-hydrogen) atoms. The van der Waals surface area contributed by atoms with Crippen molar-refractivity contribution >= 4 is 6.98 Å². The van der Waals surface area contributed by atoms with E-state index in [2.05, 4.69) is 6.58 Å². The van der Waals surface area contributed by atoms with Crippen LogP contribution in [-0.4, -0.2) is 6.98 Å².